The van der Waals surface area contributed by atoms with Gasteiger partial charge in [0, 0.05) is 19.4 Å². The van der Waals surface area contributed by atoms with Crippen LogP contribution in [0, 0.1) is 5.82 Å². The van der Waals surface area contributed by atoms with Crippen LogP contribution in [0.3, 0.4) is 0 Å². The monoisotopic (exact) mass is 307 g/mol. The van der Waals surface area contributed by atoms with E-state index in [-0.39, 0.29) is 11.4 Å². The Morgan fingerprint density at radius 2 is 1.91 bits per heavy atom. The number of esters is 1. The number of benzene rings is 1. The average molecular weight is 307 g/mol. The van der Waals surface area contributed by atoms with Crippen molar-refractivity contribution in [1.29, 1.82) is 0 Å². The summed E-state index contributed by atoms with van der Waals surface area (Å²) in [5.74, 6) is -3.44. The standard InChI is InChI=1S/C15H14FNO5/c1-8(18)17-14-12(21-9(2)19)13(20)15(3,22-14)10-6-4-5-7-11(10)16/h4-7H,1-3H3,(H,17,18). The van der Waals surface area contributed by atoms with Crippen molar-refractivity contribution < 1.29 is 28.2 Å². The van der Waals surface area contributed by atoms with Crippen LogP contribution in [0.25, 0.3) is 0 Å². The molecular formula is C15H14FNO5. The molecule has 0 saturated heterocycles. The first-order valence-electron chi connectivity index (χ1n) is 6.45. The van der Waals surface area contributed by atoms with Crippen molar-refractivity contribution in [3.05, 3.63) is 47.3 Å². The molecule has 0 aliphatic carbocycles. The summed E-state index contributed by atoms with van der Waals surface area (Å²) in [6.45, 7) is 3.64. The number of ether oxygens (including phenoxy) is 2. The van der Waals surface area contributed by atoms with Gasteiger partial charge in [-0.3, -0.25) is 19.7 Å². The molecule has 1 amide bonds. The molecule has 0 radical (unpaired) electrons. The van der Waals surface area contributed by atoms with E-state index in [0.717, 1.165) is 6.92 Å². The molecule has 0 aromatic heterocycles. The van der Waals surface area contributed by atoms with E-state index in [1.807, 2.05) is 0 Å². The lowest BCUT2D eigenvalue weighted by Gasteiger charge is -2.23. The maximum absolute atomic E-state index is 14.0. The van der Waals surface area contributed by atoms with Gasteiger partial charge in [-0.2, -0.15) is 0 Å². The fourth-order valence-electron chi connectivity index (χ4n) is 2.12. The van der Waals surface area contributed by atoms with Crippen LogP contribution in [0.1, 0.15) is 26.3 Å². The molecule has 22 heavy (non-hydrogen) atoms. The Labute approximate surface area is 125 Å². The van der Waals surface area contributed by atoms with Crippen molar-refractivity contribution >= 4 is 17.7 Å². The van der Waals surface area contributed by atoms with Crippen molar-refractivity contribution in [3.63, 3.8) is 0 Å². The largest absolute Gasteiger partial charge is 0.456 e. The minimum atomic E-state index is -1.73. The molecule has 1 aromatic carbocycles. The summed E-state index contributed by atoms with van der Waals surface area (Å²) in [6.07, 6.45) is 0. The Morgan fingerprint density at radius 1 is 1.27 bits per heavy atom. The second kappa shape index (κ2) is 5.59. The highest BCUT2D eigenvalue weighted by Gasteiger charge is 2.50. The molecular weight excluding hydrogens is 293 g/mol. The number of nitrogens with one attached hydrogen (secondary N) is 1. The second-order valence-electron chi connectivity index (χ2n) is 4.88. The quantitative estimate of drug-likeness (QED) is 0.856. The van der Waals surface area contributed by atoms with E-state index in [2.05, 4.69) is 5.32 Å². The highest BCUT2D eigenvalue weighted by Crippen LogP contribution is 2.39. The fourth-order valence-corrected chi connectivity index (χ4v) is 2.12. The van der Waals surface area contributed by atoms with E-state index in [0.29, 0.717) is 0 Å². The first-order chi connectivity index (χ1) is 10.3. The molecule has 116 valence electrons. The molecule has 0 fully saturated rings. The lowest BCUT2D eigenvalue weighted by Crippen LogP contribution is -2.33. The average Bonchev–Trinajstić information content (AvgIpc) is 2.63. The maximum atomic E-state index is 14.0. The minimum Gasteiger partial charge on any atom is -0.456 e. The number of amides is 1. The Morgan fingerprint density at radius 3 is 2.45 bits per heavy atom. The number of carbonyl (C=O) groups excluding carboxylic acids is 3. The van der Waals surface area contributed by atoms with Gasteiger partial charge in [-0.25, -0.2) is 4.39 Å². The normalized spacial score (nSPS) is 20.6. The smallest absolute Gasteiger partial charge is 0.308 e. The molecule has 1 unspecified atom stereocenters. The molecule has 1 aliphatic rings. The number of carbonyl (C=O) groups is 3. The number of hydrogen-bond acceptors (Lipinski definition) is 5. The summed E-state index contributed by atoms with van der Waals surface area (Å²) in [6, 6.07) is 5.58. The Hall–Kier alpha value is -2.70. The molecule has 0 bridgehead atoms. The fraction of sp³-hybridized carbons (Fsp3) is 0.267. The SMILES string of the molecule is CC(=O)NC1=C(OC(C)=O)C(=O)C(C)(c2ccccc2F)O1. The summed E-state index contributed by atoms with van der Waals surface area (Å²) < 4.78 is 24.2. The van der Waals surface area contributed by atoms with E-state index in [4.69, 9.17) is 9.47 Å². The van der Waals surface area contributed by atoms with Crippen LogP contribution >= 0.6 is 0 Å². The van der Waals surface area contributed by atoms with Crippen LogP contribution < -0.4 is 5.32 Å². The highest BCUT2D eigenvalue weighted by molar-refractivity contribution is 6.04. The van der Waals surface area contributed by atoms with Crippen molar-refractivity contribution in [2.24, 2.45) is 0 Å². The van der Waals surface area contributed by atoms with E-state index in [1.54, 1.807) is 6.07 Å². The van der Waals surface area contributed by atoms with Gasteiger partial charge in [0.2, 0.25) is 23.2 Å². The molecule has 1 atom stereocenters. The number of Topliss-reactive ketones (excluding diaryl/α,β-unsaturated/α-hetero) is 1. The first-order valence-corrected chi connectivity index (χ1v) is 6.45. The molecule has 1 aliphatic heterocycles. The Balaban J connectivity index is 2.48. The molecule has 0 saturated carbocycles. The zero-order valence-electron chi connectivity index (χ0n) is 12.2. The zero-order chi connectivity index (χ0) is 16.5. The highest BCUT2D eigenvalue weighted by atomic mass is 19.1. The van der Waals surface area contributed by atoms with E-state index < -0.39 is 34.8 Å². The number of halogens is 1. The van der Waals surface area contributed by atoms with E-state index >= 15 is 0 Å². The van der Waals surface area contributed by atoms with Crippen molar-refractivity contribution in [2.45, 2.75) is 26.4 Å². The molecule has 1 heterocycles. The third kappa shape index (κ3) is 2.69. The van der Waals surface area contributed by atoms with Crippen molar-refractivity contribution in [1.82, 2.24) is 5.32 Å². The summed E-state index contributed by atoms with van der Waals surface area (Å²) in [5.41, 5.74) is -1.75. The third-order valence-corrected chi connectivity index (χ3v) is 3.08. The first kappa shape index (κ1) is 15.7. The van der Waals surface area contributed by atoms with Gasteiger partial charge in [-0.15, -0.1) is 0 Å². The predicted molar refractivity (Wildman–Crippen MR) is 72.5 cm³/mol. The van der Waals surface area contributed by atoms with Gasteiger partial charge < -0.3 is 9.47 Å². The summed E-state index contributed by atoms with van der Waals surface area (Å²) in [5, 5.41) is 2.27. The molecule has 1 N–H and O–H groups in total. The van der Waals surface area contributed by atoms with Crippen LogP contribution in [0.4, 0.5) is 4.39 Å². The molecule has 7 heteroatoms. The van der Waals surface area contributed by atoms with E-state index in [1.165, 1.54) is 32.0 Å². The van der Waals surface area contributed by atoms with Gasteiger partial charge in [0.05, 0.1) is 0 Å². The van der Waals surface area contributed by atoms with Crippen LogP contribution in [-0.2, 0) is 29.5 Å². The van der Waals surface area contributed by atoms with Crippen LogP contribution in [0.2, 0.25) is 0 Å². The minimum absolute atomic E-state index is 0.0231. The molecule has 1 aromatic rings. The Bertz CT molecular complexity index is 697. The van der Waals surface area contributed by atoms with Gasteiger partial charge in [-0.1, -0.05) is 18.2 Å². The second-order valence-corrected chi connectivity index (χ2v) is 4.88. The molecule has 2 rings (SSSR count). The topological polar surface area (TPSA) is 81.7 Å². The number of rotatable bonds is 3. The van der Waals surface area contributed by atoms with Gasteiger partial charge >= 0.3 is 5.97 Å². The Kier molecular flexibility index (Phi) is 3.99. The van der Waals surface area contributed by atoms with Crippen LogP contribution in [-0.4, -0.2) is 17.7 Å². The van der Waals surface area contributed by atoms with E-state index in [9.17, 15) is 18.8 Å². The summed E-state index contributed by atoms with van der Waals surface area (Å²) >= 11 is 0. The predicted octanol–water partition coefficient (Wildman–Crippen LogP) is 1.51. The summed E-state index contributed by atoms with van der Waals surface area (Å²) in [7, 11) is 0. The van der Waals surface area contributed by atoms with Crippen molar-refractivity contribution in [2.75, 3.05) is 0 Å². The molecule has 0 spiro atoms. The zero-order valence-corrected chi connectivity index (χ0v) is 12.2. The maximum Gasteiger partial charge on any atom is 0.308 e. The van der Waals surface area contributed by atoms with Gasteiger partial charge in [0.15, 0.2) is 0 Å². The number of ketones is 1. The van der Waals surface area contributed by atoms with Gasteiger partial charge in [0.25, 0.3) is 5.78 Å². The third-order valence-electron chi connectivity index (χ3n) is 3.08. The lowest BCUT2D eigenvalue weighted by atomic mass is 9.91. The van der Waals surface area contributed by atoms with Crippen LogP contribution in [0.15, 0.2) is 35.9 Å². The van der Waals surface area contributed by atoms with Gasteiger partial charge in [-0.05, 0) is 13.0 Å². The molecule has 6 nitrogen and oxygen atoms in total. The van der Waals surface area contributed by atoms with Crippen molar-refractivity contribution in [3.8, 4) is 0 Å². The van der Waals surface area contributed by atoms with Crippen LogP contribution in [0.5, 0.6) is 0 Å². The number of hydrogen-bond donors (Lipinski definition) is 1. The van der Waals surface area contributed by atoms with Gasteiger partial charge in [0.1, 0.15) is 5.82 Å². The summed E-state index contributed by atoms with van der Waals surface area (Å²) in [4.78, 5) is 34.9. The lowest BCUT2D eigenvalue weighted by molar-refractivity contribution is -0.142.